The molecule has 24 heavy (non-hydrogen) atoms. The smallest absolute Gasteiger partial charge is 0.261 e. The van der Waals surface area contributed by atoms with Crippen LogP contribution in [-0.4, -0.2) is 25.9 Å². The Hall–Kier alpha value is -2.54. The van der Waals surface area contributed by atoms with Crippen LogP contribution in [0.25, 0.3) is 10.4 Å². The van der Waals surface area contributed by atoms with E-state index in [1.165, 1.54) is 11.3 Å². The van der Waals surface area contributed by atoms with E-state index in [1.807, 2.05) is 51.4 Å². The number of aromatic nitrogens is 4. The third-order valence-electron chi connectivity index (χ3n) is 3.63. The van der Waals surface area contributed by atoms with Gasteiger partial charge in [0.15, 0.2) is 0 Å². The molecule has 0 saturated carbocycles. The highest BCUT2D eigenvalue weighted by Crippen LogP contribution is 2.29. The normalized spacial score (nSPS) is 11.0. The lowest BCUT2D eigenvalue weighted by molar-refractivity contribution is 0.0954. The number of nitrogens with one attached hydrogen (secondary N) is 1. The lowest BCUT2D eigenvalue weighted by atomic mass is 10.1. The summed E-state index contributed by atoms with van der Waals surface area (Å²) < 4.78 is 1.77. The number of carbonyl (C=O) groups is 1. The van der Waals surface area contributed by atoms with Crippen LogP contribution in [0, 0.1) is 6.92 Å². The van der Waals surface area contributed by atoms with Crippen LogP contribution in [0.5, 0.6) is 0 Å². The van der Waals surface area contributed by atoms with Crippen LogP contribution in [0.15, 0.2) is 36.8 Å². The molecular formula is C17H19N5OS. The van der Waals surface area contributed by atoms with Crippen molar-refractivity contribution in [2.24, 2.45) is 0 Å². The summed E-state index contributed by atoms with van der Waals surface area (Å²) in [6.45, 7) is 6.45. The average molecular weight is 341 g/mol. The standard InChI is InChI=1S/C17H19N5OS/c1-11(2)22-10-13(20-21-22)9-19-17(23)16-5-4-15(24-16)14-6-7-18-8-12(14)3/h4-8,10-11H,9H2,1-3H3,(H,19,23). The Morgan fingerprint density at radius 2 is 2.17 bits per heavy atom. The molecule has 3 aromatic heterocycles. The molecule has 0 aliphatic rings. The number of hydrogen-bond acceptors (Lipinski definition) is 5. The molecular weight excluding hydrogens is 322 g/mol. The summed E-state index contributed by atoms with van der Waals surface area (Å²) >= 11 is 1.47. The predicted molar refractivity (Wildman–Crippen MR) is 93.9 cm³/mol. The summed E-state index contributed by atoms with van der Waals surface area (Å²) in [6, 6.07) is 6.04. The van der Waals surface area contributed by atoms with Gasteiger partial charge in [-0.15, -0.1) is 16.4 Å². The van der Waals surface area contributed by atoms with Crippen molar-refractivity contribution in [1.82, 2.24) is 25.3 Å². The second kappa shape index (κ2) is 6.92. The fraction of sp³-hybridized carbons (Fsp3) is 0.294. The number of hydrogen-bond donors (Lipinski definition) is 1. The van der Waals surface area contributed by atoms with Crippen molar-refractivity contribution >= 4 is 17.2 Å². The molecule has 1 N–H and O–H groups in total. The Labute approximate surface area is 144 Å². The summed E-state index contributed by atoms with van der Waals surface area (Å²) in [6.07, 6.45) is 5.44. The summed E-state index contributed by atoms with van der Waals surface area (Å²) in [7, 11) is 0. The molecule has 124 valence electrons. The molecule has 0 bridgehead atoms. The molecule has 7 heteroatoms. The van der Waals surface area contributed by atoms with E-state index >= 15 is 0 Å². The lowest BCUT2D eigenvalue weighted by Crippen LogP contribution is -2.21. The van der Waals surface area contributed by atoms with Gasteiger partial charge in [-0.1, -0.05) is 5.21 Å². The minimum absolute atomic E-state index is 0.0999. The van der Waals surface area contributed by atoms with Crippen LogP contribution in [0.1, 0.15) is 40.8 Å². The maximum atomic E-state index is 12.3. The predicted octanol–water partition coefficient (Wildman–Crippen LogP) is 3.22. The van der Waals surface area contributed by atoms with Crippen molar-refractivity contribution in [3.05, 3.63) is 52.9 Å². The van der Waals surface area contributed by atoms with Gasteiger partial charge in [0.05, 0.1) is 17.6 Å². The van der Waals surface area contributed by atoms with Crippen LogP contribution >= 0.6 is 11.3 Å². The Morgan fingerprint density at radius 3 is 2.88 bits per heavy atom. The first-order valence-electron chi connectivity index (χ1n) is 7.74. The third-order valence-corrected chi connectivity index (χ3v) is 4.75. The quantitative estimate of drug-likeness (QED) is 0.773. The van der Waals surface area contributed by atoms with Gasteiger partial charge in [0.1, 0.15) is 5.69 Å². The van der Waals surface area contributed by atoms with Gasteiger partial charge in [-0.3, -0.25) is 9.78 Å². The molecule has 0 fully saturated rings. The molecule has 0 unspecified atom stereocenters. The largest absolute Gasteiger partial charge is 0.346 e. The number of carbonyl (C=O) groups excluding carboxylic acids is 1. The van der Waals surface area contributed by atoms with Crippen LogP contribution in [0.2, 0.25) is 0 Å². The van der Waals surface area contributed by atoms with E-state index < -0.39 is 0 Å². The Bertz CT molecular complexity index is 852. The maximum absolute atomic E-state index is 12.3. The van der Waals surface area contributed by atoms with Gasteiger partial charge in [0.2, 0.25) is 0 Å². The van der Waals surface area contributed by atoms with Crippen LogP contribution in [0.4, 0.5) is 0 Å². The number of rotatable bonds is 5. The molecule has 0 aliphatic heterocycles. The highest BCUT2D eigenvalue weighted by Gasteiger charge is 2.12. The fourth-order valence-electron chi connectivity index (χ4n) is 2.26. The second-order valence-corrected chi connectivity index (χ2v) is 6.90. The minimum Gasteiger partial charge on any atom is -0.346 e. The fourth-order valence-corrected chi connectivity index (χ4v) is 3.27. The first-order valence-corrected chi connectivity index (χ1v) is 8.56. The number of aryl methyl sites for hydroxylation is 1. The topological polar surface area (TPSA) is 72.7 Å². The molecule has 0 radical (unpaired) electrons. The molecule has 0 atom stereocenters. The first kappa shape index (κ1) is 16.3. The third kappa shape index (κ3) is 3.51. The van der Waals surface area contributed by atoms with Crippen molar-refractivity contribution < 1.29 is 4.79 Å². The summed E-state index contributed by atoms with van der Waals surface area (Å²) in [5.74, 6) is -0.0999. The van der Waals surface area contributed by atoms with Crippen molar-refractivity contribution in [2.75, 3.05) is 0 Å². The molecule has 3 heterocycles. The Morgan fingerprint density at radius 1 is 1.33 bits per heavy atom. The molecule has 3 rings (SSSR count). The minimum atomic E-state index is -0.0999. The van der Waals surface area contributed by atoms with Crippen molar-refractivity contribution in [2.45, 2.75) is 33.4 Å². The summed E-state index contributed by atoms with van der Waals surface area (Å²) in [5.41, 5.74) is 2.95. The zero-order chi connectivity index (χ0) is 17.1. The first-order chi connectivity index (χ1) is 11.5. The molecule has 6 nitrogen and oxygen atoms in total. The van der Waals surface area contributed by atoms with Gasteiger partial charge < -0.3 is 5.32 Å². The zero-order valence-corrected chi connectivity index (χ0v) is 14.7. The van der Waals surface area contributed by atoms with Gasteiger partial charge in [-0.2, -0.15) is 0 Å². The summed E-state index contributed by atoms with van der Waals surface area (Å²) in [5, 5.41) is 11.0. The number of amides is 1. The molecule has 0 spiro atoms. The SMILES string of the molecule is Cc1cnccc1-c1ccc(C(=O)NCc2cn(C(C)C)nn2)s1. The summed E-state index contributed by atoms with van der Waals surface area (Å²) in [4.78, 5) is 18.2. The number of nitrogens with zero attached hydrogens (tertiary/aromatic N) is 4. The van der Waals surface area contributed by atoms with Gasteiger partial charge in [-0.25, -0.2) is 4.68 Å². The zero-order valence-electron chi connectivity index (χ0n) is 13.9. The lowest BCUT2D eigenvalue weighted by Gasteiger charge is -2.02. The van der Waals surface area contributed by atoms with E-state index in [9.17, 15) is 4.79 Å². The molecule has 0 aromatic carbocycles. The molecule has 0 saturated heterocycles. The Kier molecular flexibility index (Phi) is 4.71. The molecule has 3 aromatic rings. The van der Waals surface area contributed by atoms with Crippen molar-refractivity contribution in [3.8, 4) is 10.4 Å². The van der Waals surface area contributed by atoms with Crippen molar-refractivity contribution in [1.29, 1.82) is 0 Å². The van der Waals surface area contributed by atoms with E-state index in [4.69, 9.17) is 0 Å². The van der Waals surface area contributed by atoms with Crippen molar-refractivity contribution in [3.63, 3.8) is 0 Å². The Balaban J connectivity index is 1.66. The van der Waals surface area contributed by atoms with E-state index in [2.05, 4.69) is 20.6 Å². The van der Waals surface area contributed by atoms with Gasteiger partial charge in [0.25, 0.3) is 5.91 Å². The monoisotopic (exact) mass is 341 g/mol. The maximum Gasteiger partial charge on any atom is 0.261 e. The van der Waals surface area contributed by atoms with E-state index in [0.29, 0.717) is 11.4 Å². The van der Waals surface area contributed by atoms with E-state index in [1.54, 1.807) is 10.9 Å². The second-order valence-electron chi connectivity index (χ2n) is 5.82. The highest BCUT2D eigenvalue weighted by molar-refractivity contribution is 7.17. The average Bonchev–Trinajstić information content (AvgIpc) is 3.22. The van der Waals surface area contributed by atoms with Crippen LogP contribution in [0.3, 0.4) is 0 Å². The van der Waals surface area contributed by atoms with E-state index in [-0.39, 0.29) is 11.9 Å². The highest BCUT2D eigenvalue weighted by atomic mass is 32.1. The molecule has 1 amide bonds. The number of thiophene rings is 1. The van der Waals surface area contributed by atoms with Gasteiger partial charge in [0, 0.05) is 23.3 Å². The van der Waals surface area contributed by atoms with Crippen LogP contribution in [-0.2, 0) is 6.54 Å². The van der Waals surface area contributed by atoms with Gasteiger partial charge >= 0.3 is 0 Å². The number of pyridine rings is 1. The van der Waals surface area contributed by atoms with Gasteiger partial charge in [-0.05, 0) is 50.1 Å². The van der Waals surface area contributed by atoms with E-state index in [0.717, 1.165) is 21.7 Å². The van der Waals surface area contributed by atoms with Crippen LogP contribution < -0.4 is 5.32 Å². The molecule has 0 aliphatic carbocycles.